The second kappa shape index (κ2) is 8.00. The average Bonchev–Trinajstić information content (AvgIpc) is 3.17. The number of nitrogens with two attached hydrogens (primary N) is 1. The van der Waals surface area contributed by atoms with Crippen molar-refractivity contribution in [3.63, 3.8) is 0 Å². The second-order valence-corrected chi connectivity index (χ2v) is 7.85. The lowest BCUT2D eigenvalue weighted by Gasteiger charge is -2.37. The van der Waals surface area contributed by atoms with Crippen LogP contribution in [0, 0.1) is 12.7 Å². The van der Waals surface area contributed by atoms with Crippen molar-refractivity contribution in [3.8, 4) is 5.69 Å². The van der Waals surface area contributed by atoms with Crippen LogP contribution >= 0.6 is 0 Å². The SMILES string of the molecule is Cc1nn(-c2cccc(CN)c2)c2c(F)c(N3CCN(c4cccnc4)CC3)ccc12. The molecule has 4 aromatic rings. The zero-order valence-corrected chi connectivity index (χ0v) is 17.5. The predicted octanol–water partition coefficient (Wildman–Crippen LogP) is 3.65. The number of hydrogen-bond donors (Lipinski definition) is 1. The smallest absolute Gasteiger partial charge is 0.172 e. The number of anilines is 2. The van der Waals surface area contributed by atoms with Crippen LogP contribution < -0.4 is 15.5 Å². The lowest BCUT2D eigenvalue weighted by molar-refractivity contribution is 0.601. The quantitative estimate of drug-likeness (QED) is 0.550. The fourth-order valence-electron chi connectivity index (χ4n) is 4.30. The summed E-state index contributed by atoms with van der Waals surface area (Å²) in [5, 5.41) is 5.46. The molecule has 158 valence electrons. The largest absolute Gasteiger partial charge is 0.367 e. The fourth-order valence-corrected chi connectivity index (χ4v) is 4.30. The molecule has 0 saturated carbocycles. The molecule has 3 heterocycles. The minimum atomic E-state index is -0.230. The Morgan fingerprint density at radius 3 is 2.48 bits per heavy atom. The molecule has 2 N–H and O–H groups in total. The molecule has 7 heteroatoms. The van der Waals surface area contributed by atoms with Crippen molar-refractivity contribution in [1.82, 2.24) is 14.8 Å². The Balaban J connectivity index is 1.49. The van der Waals surface area contributed by atoms with Crippen LogP contribution in [-0.2, 0) is 6.54 Å². The number of hydrogen-bond acceptors (Lipinski definition) is 5. The third-order valence-electron chi connectivity index (χ3n) is 5.97. The number of rotatable bonds is 4. The van der Waals surface area contributed by atoms with E-state index in [1.54, 1.807) is 10.9 Å². The van der Waals surface area contributed by atoms with E-state index in [2.05, 4.69) is 25.9 Å². The zero-order chi connectivity index (χ0) is 21.4. The van der Waals surface area contributed by atoms with Crippen LogP contribution in [0.2, 0.25) is 0 Å². The Hall–Kier alpha value is -3.45. The first kappa shape index (κ1) is 19.5. The number of fused-ring (bicyclic) bond motifs is 1. The predicted molar refractivity (Wildman–Crippen MR) is 122 cm³/mol. The van der Waals surface area contributed by atoms with Gasteiger partial charge in [-0.2, -0.15) is 5.10 Å². The lowest BCUT2D eigenvalue weighted by Crippen LogP contribution is -2.46. The van der Waals surface area contributed by atoms with Crippen molar-refractivity contribution in [2.75, 3.05) is 36.0 Å². The number of halogens is 1. The van der Waals surface area contributed by atoms with Gasteiger partial charge in [0, 0.05) is 44.3 Å². The van der Waals surface area contributed by atoms with E-state index in [1.165, 1.54) is 0 Å². The molecular weight excluding hydrogens is 391 g/mol. The Bertz CT molecular complexity index is 1210. The molecule has 1 aliphatic heterocycles. The van der Waals surface area contributed by atoms with Gasteiger partial charge in [0.15, 0.2) is 5.82 Å². The molecule has 0 atom stereocenters. The number of nitrogens with zero attached hydrogens (tertiary/aromatic N) is 5. The molecule has 0 amide bonds. The highest BCUT2D eigenvalue weighted by Gasteiger charge is 2.23. The first-order valence-electron chi connectivity index (χ1n) is 10.5. The highest BCUT2D eigenvalue weighted by molar-refractivity contribution is 5.87. The maximum atomic E-state index is 15.9. The highest BCUT2D eigenvalue weighted by Crippen LogP contribution is 2.32. The maximum Gasteiger partial charge on any atom is 0.172 e. The van der Waals surface area contributed by atoms with E-state index in [-0.39, 0.29) is 5.82 Å². The fraction of sp³-hybridized carbons (Fsp3) is 0.250. The Morgan fingerprint density at radius 1 is 0.968 bits per heavy atom. The molecule has 1 aliphatic rings. The van der Waals surface area contributed by atoms with Crippen molar-refractivity contribution in [1.29, 1.82) is 0 Å². The summed E-state index contributed by atoms with van der Waals surface area (Å²) in [4.78, 5) is 8.61. The van der Waals surface area contributed by atoms with Crippen molar-refractivity contribution in [2.45, 2.75) is 13.5 Å². The van der Waals surface area contributed by atoms with Crippen molar-refractivity contribution in [3.05, 3.63) is 78.0 Å². The van der Waals surface area contributed by atoms with Crippen LogP contribution in [0.1, 0.15) is 11.3 Å². The van der Waals surface area contributed by atoms with Crippen LogP contribution in [-0.4, -0.2) is 40.9 Å². The van der Waals surface area contributed by atoms with Crippen LogP contribution in [0.5, 0.6) is 0 Å². The van der Waals surface area contributed by atoms with E-state index >= 15 is 4.39 Å². The average molecular weight is 417 g/mol. The van der Waals surface area contributed by atoms with E-state index in [0.717, 1.165) is 54.2 Å². The van der Waals surface area contributed by atoms with E-state index in [9.17, 15) is 0 Å². The van der Waals surface area contributed by atoms with Gasteiger partial charge in [0.05, 0.1) is 29.0 Å². The van der Waals surface area contributed by atoms with Crippen molar-refractivity contribution >= 4 is 22.3 Å². The van der Waals surface area contributed by atoms with Crippen LogP contribution in [0.15, 0.2) is 60.9 Å². The molecule has 0 aliphatic carbocycles. The summed E-state index contributed by atoms with van der Waals surface area (Å²) in [6.45, 7) is 5.47. The molecule has 6 nitrogen and oxygen atoms in total. The van der Waals surface area contributed by atoms with Crippen molar-refractivity contribution in [2.24, 2.45) is 5.73 Å². The van der Waals surface area contributed by atoms with Crippen LogP contribution in [0.4, 0.5) is 15.8 Å². The van der Waals surface area contributed by atoms with Gasteiger partial charge in [-0.05, 0) is 48.9 Å². The molecule has 0 spiro atoms. The number of aromatic nitrogens is 3. The summed E-state index contributed by atoms with van der Waals surface area (Å²) < 4.78 is 17.6. The van der Waals surface area contributed by atoms with Gasteiger partial charge < -0.3 is 15.5 Å². The van der Waals surface area contributed by atoms with Gasteiger partial charge in [0.1, 0.15) is 5.52 Å². The van der Waals surface area contributed by atoms with Crippen molar-refractivity contribution < 1.29 is 4.39 Å². The summed E-state index contributed by atoms with van der Waals surface area (Å²) in [6, 6.07) is 15.7. The maximum absolute atomic E-state index is 15.9. The standard InChI is InChI=1S/C24H25FN6/c1-17-21-7-8-22(30-12-10-29(11-13-30)20-6-3-9-27-16-20)23(25)24(21)31(28-17)19-5-2-4-18(14-19)15-26/h2-9,14,16H,10-13,15,26H2,1H3. The summed E-state index contributed by atoms with van der Waals surface area (Å²) in [5.74, 6) is -0.230. The van der Waals surface area contributed by atoms with Gasteiger partial charge in [-0.15, -0.1) is 0 Å². The molecule has 0 radical (unpaired) electrons. The van der Waals surface area contributed by atoms with Gasteiger partial charge in [-0.1, -0.05) is 12.1 Å². The monoisotopic (exact) mass is 416 g/mol. The number of pyridine rings is 1. The molecule has 31 heavy (non-hydrogen) atoms. The number of benzene rings is 2. The molecule has 2 aromatic carbocycles. The summed E-state index contributed by atoms with van der Waals surface area (Å²) in [7, 11) is 0. The lowest BCUT2D eigenvalue weighted by atomic mass is 10.1. The van der Waals surface area contributed by atoms with Crippen LogP contribution in [0.25, 0.3) is 16.6 Å². The zero-order valence-electron chi connectivity index (χ0n) is 17.5. The molecular formula is C24H25FN6. The molecule has 5 rings (SSSR count). The molecule has 1 saturated heterocycles. The summed E-state index contributed by atoms with van der Waals surface area (Å²) >= 11 is 0. The second-order valence-electron chi connectivity index (χ2n) is 7.85. The molecule has 1 fully saturated rings. The Morgan fingerprint density at radius 2 is 1.74 bits per heavy atom. The Labute approximate surface area is 180 Å². The van der Waals surface area contributed by atoms with Gasteiger partial charge in [-0.25, -0.2) is 9.07 Å². The van der Waals surface area contributed by atoms with E-state index in [4.69, 9.17) is 5.73 Å². The Kier molecular flexibility index (Phi) is 5.03. The normalized spacial score (nSPS) is 14.4. The molecule has 2 aromatic heterocycles. The minimum Gasteiger partial charge on any atom is -0.367 e. The topological polar surface area (TPSA) is 63.2 Å². The van der Waals surface area contributed by atoms with Crippen LogP contribution in [0.3, 0.4) is 0 Å². The summed E-state index contributed by atoms with van der Waals surface area (Å²) in [5.41, 5.74) is 10.6. The highest BCUT2D eigenvalue weighted by atomic mass is 19.1. The number of piperazine rings is 1. The third-order valence-corrected chi connectivity index (χ3v) is 5.97. The van der Waals surface area contributed by atoms with Gasteiger partial charge >= 0.3 is 0 Å². The molecule has 0 unspecified atom stereocenters. The third kappa shape index (κ3) is 3.51. The first-order valence-corrected chi connectivity index (χ1v) is 10.5. The number of aryl methyl sites for hydroxylation is 1. The van der Waals surface area contributed by atoms with E-state index in [0.29, 0.717) is 17.7 Å². The van der Waals surface area contributed by atoms with Gasteiger partial charge in [-0.3, -0.25) is 4.98 Å². The van der Waals surface area contributed by atoms with E-state index in [1.807, 2.05) is 55.6 Å². The summed E-state index contributed by atoms with van der Waals surface area (Å²) in [6.07, 6.45) is 3.65. The minimum absolute atomic E-state index is 0.230. The van der Waals surface area contributed by atoms with Gasteiger partial charge in [0.25, 0.3) is 0 Å². The van der Waals surface area contributed by atoms with Gasteiger partial charge in [0.2, 0.25) is 0 Å². The first-order chi connectivity index (χ1) is 15.2. The van der Waals surface area contributed by atoms with E-state index < -0.39 is 0 Å². The molecule has 0 bridgehead atoms.